The fourth-order valence-corrected chi connectivity index (χ4v) is 4.25. The second-order valence-corrected chi connectivity index (χ2v) is 7.62. The van der Waals surface area contributed by atoms with E-state index in [4.69, 9.17) is 9.72 Å². The Kier molecular flexibility index (Phi) is 6.45. The Balaban J connectivity index is 1.61. The van der Waals surface area contributed by atoms with Crippen molar-refractivity contribution < 1.29 is 14.3 Å². The highest BCUT2D eigenvalue weighted by molar-refractivity contribution is 7.09. The quantitative estimate of drug-likeness (QED) is 0.827. The third kappa shape index (κ3) is 5.07. The molecule has 3 rings (SSSR count). The summed E-state index contributed by atoms with van der Waals surface area (Å²) in [5.74, 6) is 1.06. The molecule has 27 heavy (non-hydrogen) atoms. The lowest BCUT2D eigenvalue weighted by molar-refractivity contribution is -0.118. The van der Waals surface area contributed by atoms with Gasteiger partial charge in [0.2, 0.25) is 5.91 Å². The van der Waals surface area contributed by atoms with Gasteiger partial charge in [0.25, 0.3) is 5.91 Å². The fourth-order valence-electron chi connectivity index (χ4n) is 3.27. The summed E-state index contributed by atoms with van der Waals surface area (Å²) in [4.78, 5) is 30.4. The van der Waals surface area contributed by atoms with E-state index in [1.165, 1.54) is 6.92 Å². The molecule has 2 amide bonds. The van der Waals surface area contributed by atoms with Gasteiger partial charge in [-0.3, -0.25) is 9.59 Å². The van der Waals surface area contributed by atoms with Gasteiger partial charge in [-0.2, -0.15) is 0 Å². The van der Waals surface area contributed by atoms with Crippen LogP contribution in [0.25, 0.3) is 0 Å². The van der Waals surface area contributed by atoms with Crippen molar-refractivity contribution in [1.29, 1.82) is 0 Å². The number of hydrogen-bond donors (Lipinski definition) is 1. The Labute approximate surface area is 163 Å². The van der Waals surface area contributed by atoms with Gasteiger partial charge in [-0.15, -0.1) is 11.3 Å². The number of methoxy groups -OCH3 is 1. The van der Waals surface area contributed by atoms with Gasteiger partial charge in [-0.05, 0) is 37.1 Å². The number of aromatic nitrogens is 1. The number of nitrogens with zero attached hydrogens (tertiary/aromatic N) is 2. The summed E-state index contributed by atoms with van der Waals surface area (Å²) in [6.45, 7) is 3.60. The van der Waals surface area contributed by atoms with Gasteiger partial charge in [0.1, 0.15) is 5.75 Å². The van der Waals surface area contributed by atoms with E-state index in [2.05, 4.69) is 10.7 Å². The number of piperidine rings is 1. The number of hydrogen-bond acceptors (Lipinski definition) is 5. The van der Waals surface area contributed by atoms with Crippen LogP contribution in [-0.2, 0) is 11.2 Å². The van der Waals surface area contributed by atoms with E-state index in [1.54, 1.807) is 18.4 Å². The summed E-state index contributed by atoms with van der Waals surface area (Å²) < 4.78 is 5.16. The van der Waals surface area contributed by atoms with Crippen molar-refractivity contribution in [1.82, 2.24) is 15.2 Å². The van der Waals surface area contributed by atoms with Crippen LogP contribution in [0.2, 0.25) is 0 Å². The van der Waals surface area contributed by atoms with Crippen molar-refractivity contribution in [2.45, 2.75) is 32.1 Å². The van der Waals surface area contributed by atoms with Gasteiger partial charge >= 0.3 is 0 Å². The largest absolute Gasteiger partial charge is 0.497 e. The maximum Gasteiger partial charge on any atom is 0.253 e. The summed E-state index contributed by atoms with van der Waals surface area (Å²) in [7, 11) is 1.62. The van der Waals surface area contributed by atoms with Crippen molar-refractivity contribution in [3.05, 3.63) is 45.9 Å². The standard InChI is InChI=1S/C20H25N3O3S/c1-14(24)21-10-9-17-13-27-19(22-17)16-4-3-11-23(12-16)20(25)15-5-7-18(26-2)8-6-15/h5-8,13,16H,3-4,9-12H2,1-2H3,(H,21,24)/t16-/m1/s1. The van der Waals surface area contributed by atoms with E-state index in [0.717, 1.165) is 42.3 Å². The number of thiazole rings is 1. The highest BCUT2D eigenvalue weighted by Crippen LogP contribution is 2.30. The molecule has 1 saturated heterocycles. The number of likely N-dealkylation sites (tertiary alicyclic amines) is 1. The van der Waals surface area contributed by atoms with Crippen LogP contribution in [0.15, 0.2) is 29.6 Å². The maximum absolute atomic E-state index is 12.8. The molecule has 0 aliphatic carbocycles. The number of nitrogens with one attached hydrogen (secondary N) is 1. The average molecular weight is 388 g/mol. The molecule has 1 atom stereocenters. The lowest BCUT2D eigenvalue weighted by atomic mass is 9.98. The van der Waals surface area contributed by atoms with Crippen molar-refractivity contribution in [3.8, 4) is 5.75 Å². The number of carbonyl (C=O) groups is 2. The van der Waals surface area contributed by atoms with E-state index in [1.807, 2.05) is 29.2 Å². The van der Waals surface area contributed by atoms with Crippen molar-refractivity contribution >= 4 is 23.2 Å². The van der Waals surface area contributed by atoms with E-state index >= 15 is 0 Å². The Morgan fingerprint density at radius 3 is 2.81 bits per heavy atom. The predicted molar refractivity (Wildman–Crippen MR) is 105 cm³/mol. The second-order valence-electron chi connectivity index (χ2n) is 6.73. The zero-order chi connectivity index (χ0) is 19.2. The molecule has 0 spiro atoms. The third-order valence-electron chi connectivity index (χ3n) is 4.72. The Hall–Kier alpha value is -2.41. The Morgan fingerprint density at radius 2 is 2.11 bits per heavy atom. The SMILES string of the molecule is COc1ccc(C(=O)N2CCC[C@@H](c3nc(CCNC(C)=O)cs3)C2)cc1. The number of benzene rings is 1. The normalized spacial score (nSPS) is 16.8. The molecule has 0 unspecified atom stereocenters. The van der Waals surface area contributed by atoms with Gasteiger partial charge < -0.3 is 15.0 Å². The van der Waals surface area contributed by atoms with Crippen LogP contribution in [0.5, 0.6) is 5.75 Å². The first-order valence-corrected chi connectivity index (χ1v) is 10.1. The molecule has 1 aliphatic rings. The number of rotatable bonds is 6. The molecule has 0 saturated carbocycles. The molecule has 144 valence electrons. The van der Waals surface area contributed by atoms with Gasteiger partial charge in [0.15, 0.2) is 0 Å². The number of ether oxygens (including phenoxy) is 1. The molecule has 1 aromatic heterocycles. The average Bonchev–Trinajstić information content (AvgIpc) is 3.16. The van der Waals surface area contributed by atoms with Crippen LogP contribution in [0.4, 0.5) is 0 Å². The van der Waals surface area contributed by atoms with Crippen LogP contribution in [0.3, 0.4) is 0 Å². The molecule has 6 nitrogen and oxygen atoms in total. The topological polar surface area (TPSA) is 71.5 Å². The molecule has 1 aliphatic heterocycles. The molecule has 7 heteroatoms. The minimum atomic E-state index is -0.0228. The van der Waals surface area contributed by atoms with Crippen LogP contribution in [0.1, 0.15) is 46.7 Å². The minimum absolute atomic E-state index is 0.0228. The molecule has 0 bridgehead atoms. The first-order chi connectivity index (χ1) is 13.1. The Bertz CT molecular complexity index is 788. The molecule has 1 N–H and O–H groups in total. The van der Waals surface area contributed by atoms with Gasteiger partial charge in [-0.1, -0.05) is 0 Å². The van der Waals surface area contributed by atoms with Crippen molar-refractivity contribution in [2.75, 3.05) is 26.7 Å². The van der Waals surface area contributed by atoms with Gasteiger partial charge in [0, 0.05) is 49.8 Å². The summed E-state index contributed by atoms with van der Waals surface area (Å²) in [6, 6.07) is 7.26. The highest BCUT2D eigenvalue weighted by atomic mass is 32.1. The smallest absolute Gasteiger partial charge is 0.253 e. The zero-order valence-corrected chi connectivity index (χ0v) is 16.6. The van der Waals surface area contributed by atoms with Crippen LogP contribution in [-0.4, -0.2) is 48.4 Å². The van der Waals surface area contributed by atoms with Gasteiger partial charge in [-0.25, -0.2) is 4.98 Å². The summed E-state index contributed by atoms with van der Waals surface area (Å²) in [6.07, 6.45) is 2.76. The van der Waals surface area contributed by atoms with E-state index in [0.29, 0.717) is 18.7 Å². The zero-order valence-electron chi connectivity index (χ0n) is 15.7. The molecule has 1 aromatic carbocycles. The van der Waals surface area contributed by atoms with Crippen LogP contribution >= 0.6 is 11.3 Å². The Morgan fingerprint density at radius 1 is 1.33 bits per heavy atom. The number of carbonyl (C=O) groups excluding carboxylic acids is 2. The first-order valence-electron chi connectivity index (χ1n) is 9.19. The van der Waals surface area contributed by atoms with Crippen LogP contribution in [0, 0.1) is 0 Å². The highest BCUT2D eigenvalue weighted by Gasteiger charge is 2.27. The van der Waals surface area contributed by atoms with E-state index in [-0.39, 0.29) is 17.7 Å². The lowest BCUT2D eigenvalue weighted by Gasteiger charge is -2.32. The van der Waals surface area contributed by atoms with E-state index in [9.17, 15) is 9.59 Å². The summed E-state index contributed by atoms with van der Waals surface area (Å²) >= 11 is 1.65. The summed E-state index contributed by atoms with van der Waals surface area (Å²) in [5.41, 5.74) is 1.69. The van der Waals surface area contributed by atoms with Crippen LogP contribution < -0.4 is 10.1 Å². The maximum atomic E-state index is 12.8. The van der Waals surface area contributed by atoms with Crippen molar-refractivity contribution in [2.24, 2.45) is 0 Å². The van der Waals surface area contributed by atoms with Crippen molar-refractivity contribution in [3.63, 3.8) is 0 Å². The monoisotopic (exact) mass is 387 g/mol. The summed E-state index contributed by atoms with van der Waals surface area (Å²) in [5, 5.41) is 5.94. The molecule has 1 fully saturated rings. The van der Waals surface area contributed by atoms with Gasteiger partial charge in [0.05, 0.1) is 17.8 Å². The minimum Gasteiger partial charge on any atom is -0.497 e. The molecular weight excluding hydrogens is 362 g/mol. The molecular formula is C20H25N3O3S. The molecule has 2 heterocycles. The second kappa shape index (κ2) is 8.99. The number of amides is 2. The first kappa shape index (κ1) is 19.4. The predicted octanol–water partition coefficient (Wildman–Crippen LogP) is 2.85. The molecule has 2 aromatic rings. The van der Waals surface area contributed by atoms with E-state index < -0.39 is 0 Å². The molecule has 0 radical (unpaired) electrons. The lowest BCUT2D eigenvalue weighted by Crippen LogP contribution is -2.39. The fraction of sp³-hybridized carbons (Fsp3) is 0.450. The third-order valence-corrected chi connectivity index (χ3v) is 5.78.